The van der Waals surface area contributed by atoms with E-state index in [9.17, 15) is 0 Å². The van der Waals surface area contributed by atoms with Crippen molar-refractivity contribution in [2.45, 2.75) is 27.2 Å². The number of nitrogens with one attached hydrogen (secondary N) is 2. The molecule has 0 spiro atoms. The van der Waals surface area contributed by atoms with Crippen molar-refractivity contribution in [2.24, 2.45) is 10.4 Å². The zero-order chi connectivity index (χ0) is 14.7. The van der Waals surface area contributed by atoms with Gasteiger partial charge in [-0.1, -0.05) is 13.8 Å². The predicted molar refractivity (Wildman–Crippen MR) is 82.8 cm³/mol. The first-order valence-corrected chi connectivity index (χ1v) is 7.07. The van der Waals surface area contributed by atoms with Crippen LogP contribution in [0.3, 0.4) is 0 Å². The number of nitrogens with zero attached hydrogens (tertiary/aromatic N) is 2. The molecule has 2 N–H and O–H groups in total. The summed E-state index contributed by atoms with van der Waals surface area (Å²) in [5.41, 5.74) is 0.179. The lowest BCUT2D eigenvalue weighted by Crippen LogP contribution is -2.39. The van der Waals surface area contributed by atoms with E-state index in [1.807, 2.05) is 0 Å². The fourth-order valence-electron chi connectivity index (χ4n) is 1.96. The van der Waals surface area contributed by atoms with Crippen LogP contribution in [0, 0.1) is 5.41 Å². The van der Waals surface area contributed by atoms with E-state index in [0.717, 1.165) is 45.2 Å². The van der Waals surface area contributed by atoms with Crippen LogP contribution in [0.25, 0.3) is 0 Å². The summed E-state index contributed by atoms with van der Waals surface area (Å²) in [6.07, 6.45) is 0.988. The normalized spacial score (nSPS) is 12.9. The summed E-state index contributed by atoms with van der Waals surface area (Å²) < 4.78 is 5.04. The SMILES string of the molecule is CCNC(=NCC(C)(C)CN(C)C)NCCCOC. The molecule has 0 bridgehead atoms. The maximum Gasteiger partial charge on any atom is 0.191 e. The minimum absolute atomic E-state index is 0.179. The Morgan fingerprint density at radius 2 is 1.95 bits per heavy atom. The minimum Gasteiger partial charge on any atom is -0.385 e. The molecule has 0 heterocycles. The molecule has 0 saturated heterocycles. The molecule has 19 heavy (non-hydrogen) atoms. The van der Waals surface area contributed by atoms with E-state index >= 15 is 0 Å². The molecule has 0 aliphatic heterocycles. The van der Waals surface area contributed by atoms with E-state index in [1.165, 1.54) is 0 Å². The van der Waals surface area contributed by atoms with Crippen molar-refractivity contribution in [1.29, 1.82) is 0 Å². The van der Waals surface area contributed by atoms with Gasteiger partial charge in [0, 0.05) is 39.9 Å². The second-order valence-corrected chi connectivity index (χ2v) is 5.87. The maximum absolute atomic E-state index is 5.04. The summed E-state index contributed by atoms with van der Waals surface area (Å²) in [7, 11) is 5.92. The van der Waals surface area contributed by atoms with Crippen LogP contribution in [-0.4, -0.2) is 64.9 Å². The molecule has 0 amide bonds. The maximum atomic E-state index is 5.04. The molecule has 0 aromatic rings. The Morgan fingerprint density at radius 3 is 2.47 bits per heavy atom. The summed E-state index contributed by atoms with van der Waals surface area (Å²) >= 11 is 0. The standard InChI is InChI=1S/C14H32N4O/c1-7-15-13(16-9-8-10-19-6)17-11-14(2,3)12-18(4)5/h7-12H2,1-6H3,(H2,15,16,17). The van der Waals surface area contributed by atoms with E-state index < -0.39 is 0 Å². The topological polar surface area (TPSA) is 48.9 Å². The zero-order valence-corrected chi connectivity index (χ0v) is 13.5. The predicted octanol–water partition coefficient (Wildman–Crippen LogP) is 1.17. The van der Waals surface area contributed by atoms with Crippen molar-refractivity contribution in [3.63, 3.8) is 0 Å². The van der Waals surface area contributed by atoms with Crippen molar-refractivity contribution in [1.82, 2.24) is 15.5 Å². The van der Waals surface area contributed by atoms with Crippen molar-refractivity contribution in [3.8, 4) is 0 Å². The van der Waals surface area contributed by atoms with Gasteiger partial charge in [-0.15, -0.1) is 0 Å². The number of hydrogen-bond acceptors (Lipinski definition) is 3. The van der Waals surface area contributed by atoms with Crippen molar-refractivity contribution in [3.05, 3.63) is 0 Å². The molecule has 0 radical (unpaired) electrons. The van der Waals surface area contributed by atoms with E-state index in [1.54, 1.807) is 7.11 Å². The lowest BCUT2D eigenvalue weighted by atomic mass is 9.93. The molecule has 0 rings (SSSR count). The van der Waals surface area contributed by atoms with Crippen LogP contribution in [0.1, 0.15) is 27.2 Å². The quantitative estimate of drug-likeness (QED) is 0.376. The van der Waals surface area contributed by atoms with E-state index in [2.05, 4.69) is 55.4 Å². The number of guanidine groups is 1. The first-order chi connectivity index (χ1) is 8.91. The first-order valence-electron chi connectivity index (χ1n) is 7.07. The van der Waals surface area contributed by atoms with Crippen LogP contribution in [0.2, 0.25) is 0 Å². The second kappa shape index (κ2) is 10.0. The third kappa shape index (κ3) is 10.8. The Balaban J connectivity index is 4.23. The zero-order valence-electron chi connectivity index (χ0n) is 13.5. The molecule has 114 valence electrons. The molecule has 0 aliphatic carbocycles. The number of ether oxygens (including phenoxy) is 1. The fourth-order valence-corrected chi connectivity index (χ4v) is 1.96. The molecule has 5 nitrogen and oxygen atoms in total. The number of methoxy groups -OCH3 is 1. The van der Waals surface area contributed by atoms with Gasteiger partial charge in [0.1, 0.15) is 0 Å². The van der Waals surface area contributed by atoms with E-state index in [-0.39, 0.29) is 5.41 Å². The molecule has 0 atom stereocenters. The average molecular weight is 272 g/mol. The van der Waals surface area contributed by atoms with Gasteiger partial charge in [0.25, 0.3) is 0 Å². The van der Waals surface area contributed by atoms with Gasteiger partial charge in [-0.05, 0) is 32.9 Å². The molecule has 0 fully saturated rings. The van der Waals surface area contributed by atoms with Crippen molar-refractivity contribution < 1.29 is 4.74 Å². The smallest absolute Gasteiger partial charge is 0.191 e. The molecule has 0 saturated carbocycles. The monoisotopic (exact) mass is 272 g/mol. The van der Waals surface area contributed by atoms with E-state index in [4.69, 9.17) is 4.74 Å². The lowest BCUT2D eigenvalue weighted by Gasteiger charge is -2.26. The van der Waals surface area contributed by atoms with Crippen LogP contribution in [0.15, 0.2) is 4.99 Å². The largest absolute Gasteiger partial charge is 0.385 e. The van der Waals surface area contributed by atoms with Gasteiger partial charge in [-0.3, -0.25) is 4.99 Å². The van der Waals surface area contributed by atoms with Crippen molar-refractivity contribution in [2.75, 3.05) is 54.0 Å². The van der Waals surface area contributed by atoms with Gasteiger partial charge in [0.2, 0.25) is 0 Å². The molecule has 0 aromatic carbocycles. The van der Waals surface area contributed by atoms with Gasteiger partial charge in [-0.2, -0.15) is 0 Å². The Labute approximate surface area is 118 Å². The van der Waals surface area contributed by atoms with Crippen LogP contribution in [0.5, 0.6) is 0 Å². The Bertz CT molecular complexity index is 252. The summed E-state index contributed by atoms with van der Waals surface area (Å²) in [5.74, 6) is 0.894. The second-order valence-electron chi connectivity index (χ2n) is 5.87. The summed E-state index contributed by atoms with van der Waals surface area (Å²) in [5, 5.41) is 6.60. The highest BCUT2D eigenvalue weighted by Crippen LogP contribution is 2.15. The molecular weight excluding hydrogens is 240 g/mol. The first kappa shape index (κ1) is 18.2. The van der Waals surface area contributed by atoms with Gasteiger partial charge >= 0.3 is 0 Å². The number of aliphatic imine (C=N–C) groups is 1. The average Bonchev–Trinajstić information content (AvgIpc) is 2.30. The fraction of sp³-hybridized carbons (Fsp3) is 0.929. The van der Waals surface area contributed by atoms with Crippen LogP contribution in [-0.2, 0) is 4.74 Å². The molecule has 5 heteroatoms. The molecule has 0 aromatic heterocycles. The van der Waals surface area contributed by atoms with Gasteiger partial charge in [0.15, 0.2) is 5.96 Å². The van der Waals surface area contributed by atoms with Gasteiger partial charge in [-0.25, -0.2) is 0 Å². The van der Waals surface area contributed by atoms with Crippen LogP contribution in [0.4, 0.5) is 0 Å². The van der Waals surface area contributed by atoms with E-state index in [0.29, 0.717) is 0 Å². The third-order valence-corrected chi connectivity index (χ3v) is 2.57. The summed E-state index contributed by atoms with van der Waals surface area (Å²) in [6, 6.07) is 0. The molecule has 0 unspecified atom stereocenters. The summed E-state index contributed by atoms with van der Waals surface area (Å²) in [4.78, 5) is 6.87. The lowest BCUT2D eigenvalue weighted by molar-refractivity contribution is 0.195. The highest BCUT2D eigenvalue weighted by atomic mass is 16.5. The highest BCUT2D eigenvalue weighted by Gasteiger charge is 2.18. The highest BCUT2D eigenvalue weighted by molar-refractivity contribution is 5.79. The molecular formula is C14H32N4O. The Kier molecular flexibility index (Phi) is 9.61. The summed E-state index contributed by atoms with van der Waals surface area (Å²) in [6.45, 7) is 10.9. The number of rotatable bonds is 9. The van der Waals surface area contributed by atoms with Crippen molar-refractivity contribution >= 4 is 5.96 Å². The van der Waals surface area contributed by atoms with Crippen LogP contribution >= 0.6 is 0 Å². The number of hydrogen-bond donors (Lipinski definition) is 2. The van der Waals surface area contributed by atoms with Crippen LogP contribution < -0.4 is 10.6 Å². The molecule has 0 aliphatic rings. The Hall–Kier alpha value is -0.810. The Morgan fingerprint density at radius 1 is 1.26 bits per heavy atom. The minimum atomic E-state index is 0.179. The van der Waals surface area contributed by atoms with Gasteiger partial charge in [0.05, 0.1) is 0 Å². The third-order valence-electron chi connectivity index (χ3n) is 2.57. The van der Waals surface area contributed by atoms with Gasteiger partial charge < -0.3 is 20.3 Å².